The van der Waals surface area contributed by atoms with Gasteiger partial charge in [0.15, 0.2) is 5.69 Å². The summed E-state index contributed by atoms with van der Waals surface area (Å²) in [5.41, 5.74) is 1.81. The van der Waals surface area contributed by atoms with Gasteiger partial charge >= 0.3 is 5.97 Å². The molecule has 1 aromatic heterocycles. The van der Waals surface area contributed by atoms with E-state index in [4.69, 9.17) is 4.74 Å². The Morgan fingerprint density at radius 1 is 1.38 bits per heavy atom. The molecule has 1 aliphatic rings. The van der Waals surface area contributed by atoms with Crippen molar-refractivity contribution in [2.45, 2.75) is 19.0 Å². The van der Waals surface area contributed by atoms with Crippen LogP contribution < -0.4 is 0 Å². The van der Waals surface area contributed by atoms with E-state index in [0.717, 1.165) is 11.1 Å². The molecular weight excluding hydrogens is 312 g/mol. The van der Waals surface area contributed by atoms with E-state index < -0.39 is 11.9 Å². The predicted octanol–water partition coefficient (Wildman–Crippen LogP) is 0.749. The van der Waals surface area contributed by atoms with E-state index >= 15 is 0 Å². The van der Waals surface area contributed by atoms with Crippen molar-refractivity contribution >= 4 is 11.9 Å². The number of carboxylic acids is 1. The maximum Gasteiger partial charge on any atom is 0.312 e. The number of aliphatic carboxylic acids is 1. The van der Waals surface area contributed by atoms with E-state index in [1.807, 2.05) is 18.2 Å². The topological polar surface area (TPSA) is 97.5 Å². The third-order valence-electron chi connectivity index (χ3n) is 4.06. The molecule has 2 heterocycles. The number of fused-ring (bicyclic) bond motifs is 1. The number of amides is 1. The molecule has 0 fully saturated rings. The molecule has 1 aromatic carbocycles. The zero-order chi connectivity index (χ0) is 17.1. The highest BCUT2D eigenvalue weighted by Crippen LogP contribution is 2.29. The second-order valence-corrected chi connectivity index (χ2v) is 5.63. The third kappa shape index (κ3) is 3.13. The molecule has 0 radical (unpaired) electrons. The van der Waals surface area contributed by atoms with Gasteiger partial charge in [0.1, 0.15) is 0 Å². The number of rotatable bonds is 5. The van der Waals surface area contributed by atoms with Gasteiger partial charge in [0, 0.05) is 20.2 Å². The summed E-state index contributed by atoms with van der Waals surface area (Å²) >= 11 is 0. The molecule has 1 atom stereocenters. The van der Waals surface area contributed by atoms with Crippen molar-refractivity contribution in [3.63, 3.8) is 0 Å². The number of hydrogen-bond donors (Lipinski definition) is 1. The minimum atomic E-state index is -0.941. The van der Waals surface area contributed by atoms with Gasteiger partial charge in [0.25, 0.3) is 5.91 Å². The van der Waals surface area contributed by atoms with Gasteiger partial charge in [-0.25, -0.2) is 4.68 Å². The first-order valence-corrected chi connectivity index (χ1v) is 7.59. The normalized spacial score (nSPS) is 16.7. The number of methoxy groups -OCH3 is 1. The van der Waals surface area contributed by atoms with Crippen LogP contribution in [0.3, 0.4) is 0 Å². The Morgan fingerprint density at radius 3 is 2.92 bits per heavy atom. The van der Waals surface area contributed by atoms with Gasteiger partial charge in [-0.2, -0.15) is 0 Å². The van der Waals surface area contributed by atoms with Crippen molar-refractivity contribution in [1.29, 1.82) is 0 Å². The Morgan fingerprint density at radius 2 is 2.17 bits per heavy atom. The zero-order valence-electron chi connectivity index (χ0n) is 13.3. The molecule has 1 N–H and O–H groups in total. The van der Waals surface area contributed by atoms with Crippen molar-refractivity contribution in [1.82, 2.24) is 19.9 Å². The average molecular weight is 330 g/mol. The standard InChI is InChI=1S/C16H18N4O4/c1-24-7-6-20-10-14(17-18-20)15(21)19-8-11-4-2-3-5-12(11)13(9-19)16(22)23/h2-5,10,13H,6-9H2,1H3,(H,22,23). The van der Waals surface area contributed by atoms with Gasteiger partial charge in [-0.15, -0.1) is 5.10 Å². The van der Waals surface area contributed by atoms with Crippen molar-refractivity contribution in [2.24, 2.45) is 0 Å². The summed E-state index contributed by atoms with van der Waals surface area (Å²) < 4.78 is 6.49. The molecule has 1 unspecified atom stereocenters. The summed E-state index contributed by atoms with van der Waals surface area (Å²) in [5.74, 6) is -1.99. The summed E-state index contributed by atoms with van der Waals surface area (Å²) in [7, 11) is 1.58. The van der Waals surface area contributed by atoms with Gasteiger partial charge in [-0.3, -0.25) is 9.59 Å². The molecule has 1 amide bonds. The number of ether oxygens (including phenoxy) is 1. The Labute approximate surface area is 138 Å². The van der Waals surface area contributed by atoms with Crippen LogP contribution in [-0.2, 0) is 22.6 Å². The van der Waals surface area contributed by atoms with Crippen molar-refractivity contribution in [3.8, 4) is 0 Å². The molecular formula is C16H18N4O4. The second-order valence-electron chi connectivity index (χ2n) is 5.63. The smallest absolute Gasteiger partial charge is 0.312 e. The molecule has 0 bridgehead atoms. The molecule has 0 saturated heterocycles. The van der Waals surface area contributed by atoms with Crippen LogP contribution in [0.5, 0.6) is 0 Å². The highest BCUT2D eigenvalue weighted by Gasteiger charge is 2.33. The van der Waals surface area contributed by atoms with Crippen LogP contribution in [0.25, 0.3) is 0 Å². The molecule has 8 heteroatoms. The van der Waals surface area contributed by atoms with Crippen LogP contribution in [0.4, 0.5) is 0 Å². The molecule has 126 valence electrons. The molecule has 24 heavy (non-hydrogen) atoms. The van der Waals surface area contributed by atoms with E-state index in [1.165, 1.54) is 9.58 Å². The largest absolute Gasteiger partial charge is 0.481 e. The van der Waals surface area contributed by atoms with E-state index in [1.54, 1.807) is 19.4 Å². The van der Waals surface area contributed by atoms with Gasteiger partial charge in [0.2, 0.25) is 0 Å². The maximum absolute atomic E-state index is 12.7. The van der Waals surface area contributed by atoms with E-state index in [9.17, 15) is 14.7 Å². The second kappa shape index (κ2) is 6.79. The fourth-order valence-corrected chi connectivity index (χ4v) is 2.83. The summed E-state index contributed by atoms with van der Waals surface area (Å²) in [6, 6.07) is 7.30. The first-order chi connectivity index (χ1) is 11.6. The minimum Gasteiger partial charge on any atom is -0.481 e. The number of aromatic nitrogens is 3. The first-order valence-electron chi connectivity index (χ1n) is 7.59. The number of carboxylic acid groups (broad SMARTS) is 1. The molecule has 0 spiro atoms. The zero-order valence-corrected chi connectivity index (χ0v) is 13.3. The lowest BCUT2D eigenvalue weighted by molar-refractivity contribution is -0.139. The number of carbonyl (C=O) groups excluding carboxylic acids is 1. The van der Waals surface area contributed by atoms with E-state index in [0.29, 0.717) is 19.7 Å². The number of benzene rings is 1. The van der Waals surface area contributed by atoms with E-state index in [2.05, 4.69) is 10.3 Å². The van der Waals surface area contributed by atoms with Crippen LogP contribution in [0.15, 0.2) is 30.5 Å². The highest BCUT2D eigenvalue weighted by atomic mass is 16.5. The Balaban J connectivity index is 1.81. The fourth-order valence-electron chi connectivity index (χ4n) is 2.83. The monoisotopic (exact) mass is 330 g/mol. The highest BCUT2D eigenvalue weighted by molar-refractivity contribution is 5.93. The van der Waals surface area contributed by atoms with Gasteiger partial charge in [-0.1, -0.05) is 29.5 Å². The summed E-state index contributed by atoms with van der Waals surface area (Å²) in [4.78, 5) is 25.7. The summed E-state index contributed by atoms with van der Waals surface area (Å²) in [6.07, 6.45) is 1.55. The molecule has 1 aliphatic heterocycles. The fraction of sp³-hybridized carbons (Fsp3) is 0.375. The van der Waals surface area contributed by atoms with Gasteiger partial charge in [-0.05, 0) is 11.1 Å². The Bertz CT molecular complexity index is 758. The first kappa shape index (κ1) is 16.1. The lowest BCUT2D eigenvalue weighted by atomic mass is 9.89. The SMILES string of the molecule is COCCn1cc(C(=O)N2Cc3ccccc3C(C(=O)O)C2)nn1. The maximum atomic E-state index is 12.7. The number of carbonyl (C=O) groups is 2. The van der Waals surface area contributed by atoms with Crippen molar-refractivity contribution in [2.75, 3.05) is 20.3 Å². The van der Waals surface area contributed by atoms with Crippen LogP contribution >= 0.6 is 0 Å². The molecule has 3 rings (SSSR count). The number of nitrogens with zero attached hydrogens (tertiary/aromatic N) is 4. The quantitative estimate of drug-likeness (QED) is 0.869. The number of hydrogen-bond acceptors (Lipinski definition) is 5. The van der Waals surface area contributed by atoms with Crippen LogP contribution in [-0.4, -0.2) is 57.1 Å². The molecule has 0 aliphatic carbocycles. The minimum absolute atomic E-state index is 0.121. The van der Waals surface area contributed by atoms with Gasteiger partial charge in [0.05, 0.1) is 25.3 Å². The van der Waals surface area contributed by atoms with Crippen molar-refractivity contribution in [3.05, 3.63) is 47.3 Å². The van der Waals surface area contributed by atoms with Crippen LogP contribution in [0, 0.1) is 0 Å². The van der Waals surface area contributed by atoms with Crippen LogP contribution in [0.2, 0.25) is 0 Å². The summed E-state index contributed by atoms with van der Waals surface area (Å²) in [6.45, 7) is 1.45. The molecule has 8 nitrogen and oxygen atoms in total. The Hall–Kier alpha value is -2.74. The van der Waals surface area contributed by atoms with Crippen LogP contribution in [0.1, 0.15) is 27.5 Å². The Kier molecular flexibility index (Phi) is 4.57. The molecule has 0 saturated carbocycles. The molecule has 2 aromatic rings. The summed E-state index contributed by atoms with van der Waals surface area (Å²) in [5, 5.41) is 17.3. The van der Waals surface area contributed by atoms with Crippen molar-refractivity contribution < 1.29 is 19.4 Å². The lowest BCUT2D eigenvalue weighted by Gasteiger charge is -2.32. The third-order valence-corrected chi connectivity index (χ3v) is 4.06. The van der Waals surface area contributed by atoms with Gasteiger partial charge < -0.3 is 14.7 Å². The average Bonchev–Trinajstić information content (AvgIpc) is 3.07. The predicted molar refractivity (Wildman–Crippen MR) is 83.5 cm³/mol. The van der Waals surface area contributed by atoms with E-state index in [-0.39, 0.29) is 18.1 Å². The lowest BCUT2D eigenvalue weighted by Crippen LogP contribution is -2.40.